The summed E-state index contributed by atoms with van der Waals surface area (Å²) in [6.07, 6.45) is 1.39. The van der Waals surface area contributed by atoms with Crippen LogP contribution in [0.3, 0.4) is 0 Å². The molecule has 2 aromatic heterocycles. The average molecular weight is 401 g/mol. The van der Waals surface area contributed by atoms with Crippen molar-refractivity contribution in [3.63, 3.8) is 0 Å². The standard InChI is InChI=1S/C21H15F4N3O/c1-9(2)27-21(29)17-10-3-5-16(28-15(10)6-4-13(17)22)12-8-26-20-11(12)7-14(23)18(24)19(20)25/h3-9,26H,1-2H3,(H,27,29). The molecule has 0 aliphatic heterocycles. The van der Waals surface area contributed by atoms with E-state index in [0.717, 1.165) is 12.1 Å². The summed E-state index contributed by atoms with van der Waals surface area (Å²) in [5, 5.41) is 3.07. The Morgan fingerprint density at radius 1 is 1.00 bits per heavy atom. The predicted octanol–water partition coefficient (Wildman–Crippen LogP) is 5.08. The van der Waals surface area contributed by atoms with Gasteiger partial charge in [-0.3, -0.25) is 4.79 Å². The molecule has 0 saturated heterocycles. The number of halogens is 4. The van der Waals surface area contributed by atoms with Gasteiger partial charge in [-0.25, -0.2) is 22.5 Å². The summed E-state index contributed by atoms with van der Waals surface area (Å²) in [7, 11) is 0. The average Bonchev–Trinajstić information content (AvgIpc) is 3.08. The van der Waals surface area contributed by atoms with E-state index in [1.165, 1.54) is 24.4 Å². The highest BCUT2D eigenvalue weighted by atomic mass is 19.2. The predicted molar refractivity (Wildman–Crippen MR) is 101 cm³/mol. The van der Waals surface area contributed by atoms with Gasteiger partial charge in [0.25, 0.3) is 5.91 Å². The van der Waals surface area contributed by atoms with Crippen LogP contribution >= 0.6 is 0 Å². The van der Waals surface area contributed by atoms with Crippen molar-refractivity contribution in [2.24, 2.45) is 0 Å². The molecule has 2 heterocycles. The van der Waals surface area contributed by atoms with E-state index >= 15 is 0 Å². The quantitative estimate of drug-likeness (QED) is 0.372. The van der Waals surface area contributed by atoms with Crippen molar-refractivity contribution in [3.05, 3.63) is 65.4 Å². The van der Waals surface area contributed by atoms with Gasteiger partial charge >= 0.3 is 0 Å². The monoisotopic (exact) mass is 401 g/mol. The number of amides is 1. The van der Waals surface area contributed by atoms with Gasteiger partial charge in [0, 0.05) is 28.6 Å². The van der Waals surface area contributed by atoms with E-state index in [2.05, 4.69) is 15.3 Å². The molecule has 0 radical (unpaired) electrons. The lowest BCUT2D eigenvalue weighted by atomic mass is 10.0. The third-order valence-corrected chi connectivity index (χ3v) is 4.56. The minimum Gasteiger partial charge on any atom is -0.358 e. The molecule has 4 aromatic rings. The highest BCUT2D eigenvalue weighted by molar-refractivity contribution is 6.07. The van der Waals surface area contributed by atoms with E-state index in [0.29, 0.717) is 22.2 Å². The van der Waals surface area contributed by atoms with E-state index in [1.807, 2.05) is 0 Å². The molecule has 4 nitrogen and oxygen atoms in total. The molecule has 0 bridgehead atoms. The fraction of sp³-hybridized carbons (Fsp3) is 0.143. The third kappa shape index (κ3) is 3.10. The van der Waals surface area contributed by atoms with E-state index in [1.54, 1.807) is 13.8 Å². The van der Waals surface area contributed by atoms with Crippen LogP contribution < -0.4 is 5.32 Å². The summed E-state index contributed by atoms with van der Waals surface area (Å²) in [4.78, 5) is 19.4. The minimum absolute atomic E-state index is 0.119. The molecule has 0 unspecified atom stereocenters. The van der Waals surface area contributed by atoms with Gasteiger partial charge < -0.3 is 10.3 Å². The van der Waals surface area contributed by atoms with Gasteiger partial charge in [-0.15, -0.1) is 0 Å². The molecule has 29 heavy (non-hydrogen) atoms. The van der Waals surface area contributed by atoms with Crippen LogP contribution in [-0.4, -0.2) is 21.9 Å². The number of hydrogen-bond donors (Lipinski definition) is 2. The summed E-state index contributed by atoms with van der Waals surface area (Å²) in [5.41, 5.74) is 0.689. The van der Waals surface area contributed by atoms with Gasteiger partial charge in [0.05, 0.1) is 22.3 Å². The zero-order chi connectivity index (χ0) is 20.9. The summed E-state index contributed by atoms with van der Waals surface area (Å²) in [6.45, 7) is 3.52. The van der Waals surface area contributed by atoms with Gasteiger partial charge in [0.1, 0.15) is 5.82 Å². The van der Waals surface area contributed by atoms with Crippen LogP contribution in [0.4, 0.5) is 17.6 Å². The number of pyridine rings is 1. The number of hydrogen-bond acceptors (Lipinski definition) is 2. The van der Waals surface area contributed by atoms with Crippen LogP contribution in [0.1, 0.15) is 24.2 Å². The van der Waals surface area contributed by atoms with Crippen molar-refractivity contribution < 1.29 is 22.4 Å². The lowest BCUT2D eigenvalue weighted by Gasteiger charge is -2.12. The maximum Gasteiger partial charge on any atom is 0.255 e. The Labute approximate surface area is 162 Å². The summed E-state index contributed by atoms with van der Waals surface area (Å²) in [6, 6.07) is 6.29. The molecule has 0 aliphatic carbocycles. The minimum atomic E-state index is -1.56. The number of nitrogens with one attached hydrogen (secondary N) is 2. The summed E-state index contributed by atoms with van der Waals surface area (Å²) < 4.78 is 55.5. The number of H-pyrrole nitrogens is 1. The largest absolute Gasteiger partial charge is 0.358 e. The van der Waals surface area contributed by atoms with Crippen LogP contribution in [0.25, 0.3) is 33.1 Å². The van der Waals surface area contributed by atoms with Crippen LogP contribution in [0.15, 0.2) is 36.5 Å². The molecule has 148 valence electrons. The number of aromatic nitrogens is 2. The molecule has 0 atom stereocenters. The molecule has 2 N–H and O–H groups in total. The third-order valence-electron chi connectivity index (χ3n) is 4.56. The first-order valence-electron chi connectivity index (χ1n) is 8.83. The highest BCUT2D eigenvalue weighted by Crippen LogP contribution is 2.32. The van der Waals surface area contributed by atoms with E-state index in [-0.39, 0.29) is 22.5 Å². The van der Waals surface area contributed by atoms with Crippen molar-refractivity contribution in [2.75, 3.05) is 0 Å². The van der Waals surface area contributed by atoms with Crippen LogP contribution in [-0.2, 0) is 0 Å². The van der Waals surface area contributed by atoms with Gasteiger partial charge in [-0.05, 0) is 44.2 Å². The topological polar surface area (TPSA) is 57.8 Å². The molecular weight excluding hydrogens is 386 g/mol. The zero-order valence-electron chi connectivity index (χ0n) is 15.4. The van der Waals surface area contributed by atoms with Crippen LogP contribution in [0.5, 0.6) is 0 Å². The highest BCUT2D eigenvalue weighted by Gasteiger charge is 2.20. The molecule has 8 heteroatoms. The van der Waals surface area contributed by atoms with Crippen molar-refractivity contribution in [1.82, 2.24) is 15.3 Å². The molecule has 0 fully saturated rings. The Hall–Kier alpha value is -3.42. The maximum atomic E-state index is 14.3. The first-order chi connectivity index (χ1) is 13.8. The Morgan fingerprint density at radius 2 is 1.76 bits per heavy atom. The molecule has 0 saturated carbocycles. The van der Waals surface area contributed by atoms with E-state index < -0.39 is 29.2 Å². The number of carbonyl (C=O) groups excluding carboxylic acids is 1. The molecule has 1 amide bonds. The Bertz CT molecular complexity index is 1280. The molecule has 4 rings (SSSR count). The van der Waals surface area contributed by atoms with Crippen molar-refractivity contribution >= 4 is 27.7 Å². The number of fused-ring (bicyclic) bond motifs is 2. The number of rotatable bonds is 3. The normalized spacial score (nSPS) is 11.6. The smallest absolute Gasteiger partial charge is 0.255 e. The number of aromatic amines is 1. The van der Waals surface area contributed by atoms with Gasteiger partial charge in [-0.2, -0.15) is 0 Å². The van der Waals surface area contributed by atoms with Gasteiger partial charge in [0.15, 0.2) is 17.5 Å². The fourth-order valence-corrected chi connectivity index (χ4v) is 3.28. The maximum absolute atomic E-state index is 14.3. The van der Waals surface area contributed by atoms with Crippen LogP contribution in [0.2, 0.25) is 0 Å². The molecule has 2 aromatic carbocycles. The lowest BCUT2D eigenvalue weighted by Crippen LogP contribution is -2.31. The SMILES string of the molecule is CC(C)NC(=O)c1c(F)ccc2nc(-c3c[nH]c4c(F)c(F)c(F)cc34)ccc12. The number of benzene rings is 2. The van der Waals surface area contributed by atoms with Crippen molar-refractivity contribution in [3.8, 4) is 11.3 Å². The van der Waals surface area contributed by atoms with Crippen molar-refractivity contribution in [2.45, 2.75) is 19.9 Å². The summed E-state index contributed by atoms with van der Waals surface area (Å²) in [5.74, 6) is -5.44. The van der Waals surface area contributed by atoms with Gasteiger partial charge in [0.2, 0.25) is 0 Å². The first kappa shape index (κ1) is 18.9. The molecular formula is C21H15F4N3O. The van der Waals surface area contributed by atoms with E-state index in [4.69, 9.17) is 0 Å². The van der Waals surface area contributed by atoms with Crippen molar-refractivity contribution in [1.29, 1.82) is 0 Å². The van der Waals surface area contributed by atoms with E-state index in [9.17, 15) is 22.4 Å². The van der Waals surface area contributed by atoms with Crippen LogP contribution in [0, 0.1) is 23.3 Å². The number of carbonyl (C=O) groups is 1. The Morgan fingerprint density at radius 3 is 2.48 bits per heavy atom. The lowest BCUT2D eigenvalue weighted by molar-refractivity contribution is 0.0941. The molecule has 0 spiro atoms. The second-order valence-corrected chi connectivity index (χ2v) is 6.92. The Kier molecular flexibility index (Phi) is 4.49. The second-order valence-electron chi connectivity index (χ2n) is 6.92. The Balaban J connectivity index is 1.89. The fourth-order valence-electron chi connectivity index (χ4n) is 3.28. The number of nitrogens with zero attached hydrogens (tertiary/aromatic N) is 1. The molecule has 0 aliphatic rings. The summed E-state index contributed by atoms with van der Waals surface area (Å²) >= 11 is 0. The second kappa shape index (κ2) is 6.88. The zero-order valence-corrected chi connectivity index (χ0v) is 15.4. The van der Waals surface area contributed by atoms with Gasteiger partial charge in [-0.1, -0.05) is 0 Å². The first-order valence-corrected chi connectivity index (χ1v) is 8.83.